The molecule has 46 heavy (non-hydrogen) atoms. The Hall–Kier alpha value is -3.23. The summed E-state index contributed by atoms with van der Waals surface area (Å²) in [5.41, 5.74) is 2.45. The number of ether oxygens (including phenoxy) is 2. The quantitative estimate of drug-likeness (QED) is 0.245. The van der Waals surface area contributed by atoms with E-state index in [1.54, 1.807) is 0 Å². The van der Waals surface area contributed by atoms with E-state index in [1.165, 1.54) is 0 Å². The molecular weight excluding hydrogens is 633 g/mol. The van der Waals surface area contributed by atoms with Crippen molar-refractivity contribution >= 4 is 34.0 Å². The van der Waals surface area contributed by atoms with Crippen LogP contribution in [0.4, 0.5) is 33.5 Å². The minimum atomic E-state index is -4.94. The van der Waals surface area contributed by atoms with Gasteiger partial charge in [-0.25, -0.2) is 13.8 Å². The summed E-state index contributed by atoms with van der Waals surface area (Å²) < 4.78 is 86.8. The van der Waals surface area contributed by atoms with Crippen molar-refractivity contribution in [1.82, 2.24) is 25.2 Å². The Morgan fingerprint density at radius 2 is 2.00 bits per heavy atom. The number of anilines is 2. The number of alkyl halides is 4. The number of likely N-dealkylation sites (N-methyl/N-ethyl adjacent to an activating group) is 1. The lowest BCUT2D eigenvalue weighted by Gasteiger charge is -2.34. The molecule has 3 aliphatic heterocycles. The van der Waals surface area contributed by atoms with E-state index < -0.39 is 45.5 Å². The first-order chi connectivity index (χ1) is 22.0. The lowest BCUT2D eigenvalue weighted by molar-refractivity contribution is -0.137. The number of fused-ring (bicyclic) bond motifs is 2. The zero-order valence-corrected chi connectivity index (χ0v) is 26.0. The lowest BCUT2D eigenvalue weighted by atomic mass is 9.95. The molecule has 4 atom stereocenters. The van der Waals surface area contributed by atoms with Crippen molar-refractivity contribution in [2.45, 2.75) is 62.5 Å². The zero-order valence-electron chi connectivity index (χ0n) is 25.3. The molecule has 4 aliphatic rings. The molecule has 3 N–H and O–H groups in total. The number of rotatable bonds is 7. The van der Waals surface area contributed by atoms with Crippen LogP contribution in [0.25, 0.3) is 22.2 Å². The number of nitrogens with one attached hydrogen (secondary N) is 1. The maximum atomic E-state index is 16.8. The Balaban J connectivity index is 1.43. The molecule has 0 amide bonds. The molecule has 1 aromatic carbocycles. The van der Waals surface area contributed by atoms with Crippen LogP contribution in [0.1, 0.15) is 44.1 Å². The minimum absolute atomic E-state index is 0.0673. The van der Waals surface area contributed by atoms with Gasteiger partial charge in [-0.1, -0.05) is 11.6 Å². The molecule has 1 saturated carbocycles. The summed E-state index contributed by atoms with van der Waals surface area (Å²) in [4.78, 5) is 17.7. The fourth-order valence-corrected chi connectivity index (χ4v) is 8.07. The highest BCUT2D eigenvalue weighted by molar-refractivity contribution is 6.32. The summed E-state index contributed by atoms with van der Waals surface area (Å²) in [6, 6.07) is 1.81. The Kier molecular flexibility index (Phi) is 8.03. The summed E-state index contributed by atoms with van der Waals surface area (Å²) in [5.74, 6) is -0.799. The lowest BCUT2D eigenvalue weighted by Crippen LogP contribution is -2.43. The van der Waals surface area contributed by atoms with Crippen LogP contribution in [-0.4, -0.2) is 84.0 Å². The average Bonchev–Trinajstić information content (AvgIpc) is 3.67. The summed E-state index contributed by atoms with van der Waals surface area (Å²) in [6.45, 7) is 2.80. The van der Waals surface area contributed by atoms with E-state index >= 15 is 4.39 Å². The van der Waals surface area contributed by atoms with E-state index in [1.807, 2.05) is 11.9 Å². The molecule has 7 rings (SSSR count). The Morgan fingerprint density at radius 3 is 2.78 bits per heavy atom. The highest BCUT2D eigenvalue weighted by Gasteiger charge is 2.49. The van der Waals surface area contributed by atoms with Crippen molar-refractivity contribution < 1.29 is 31.4 Å². The van der Waals surface area contributed by atoms with Crippen molar-refractivity contribution in [3.63, 3.8) is 0 Å². The third kappa shape index (κ3) is 5.45. The third-order valence-corrected chi connectivity index (χ3v) is 10.1. The topological polar surface area (TPSA) is 102 Å². The third-order valence-electron chi connectivity index (χ3n) is 9.83. The van der Waals surface area contributed by atoms with E-state index in [0.717, 1.165) is 44.4 Å². The van der Waals surface area contributed by atoms with Crippen LogP contribution < -0.4 is 25.4 Å². The van der Waals surface area contributed by atoms with Crippen LogP contribution in [0.15, 0.2) is 12.1 Å². The van der Waals surface area contributed by atoms with Gasteiger partial charge in [0.25, 0.3) is 0 Å². The predicted molar refractivity (Wildman–Crippen MR) is 164 cm³/mol. The van der Waals surface area contributed by atoms with Gasteiger partial charge in [0.15, 0.2) is 5.82 Å². The van der Waals surface area contributed by atoms with Gasteiger partial charge in [-0.05, 0) is 57.8 Å². The maximum absolute atomic E-state index is 16.8. The van der Waals surface area contributed by atoms with Gasteiger partial charge in [0.1, 0.15) is 41.3 Å². The van der Waals surface area contributed by atoms with E-state index in [0.29, 0.717) is 44.8 Å². The molecule has 15 heteroatoms. The van der Waals surface area contributed by atoms with E-state index in [9.17, 15) is 17.6 Å². The molecule has 0 radical (unpaired) electrons. The van der Waals surface area contributed by atoms with E-state index in [2.05, 4.69) is 20.2 Å². The van der Waals surface area contributed by atoms with Gasteiger partial charge >= 0.3 is 12.2 Å². The number of benzene rings is 1. The molecule has 2 aromatic heterocycles. The van der Waals surface area contributed by atoms with Crippen LogP contribution in [0.5, 0.6) is 11.9 Å². The average molecular weight is 668 g/mol. The second-order valence-electron chi connectivity index (χ2n) is 12.8. The Bertz CT molecular complexity index is 1660. The van der Waals surface area contributed by atoms with E-state index in [-0.39, 0.29) is 47.1 Å². The summed E-state index contributed by atoms with van der Waals surface area (Å²) in [6.07, 6.45) is -1.80. The first-order valence-electron chi connectivity index (χ1n) is 15.6. The van der Waals surface area contributed by atoms with Gasteiger partial charge in [0.2, 0.25) is 5.88 Å². The molecule has 5 heterocycles. The summed E-state index contributed by atoms with van der Waals surface area (Å²) >= 11 is 6.05. The van der Waals surface area contributed by atoms with Gasteiger partial charge in [0.05, 0.1) is 16.1 Å². The maximum Gasteiger partial charge on any atom is 0.418 e. The SMILES string of the molecule is CNCCN1CC2CCCC2Oc2nc(-c3cc(N)cc(Cl)c3C(F)(F)F)c(F)c3nc(OC[C@@]45CCCN4C[C@H](F)C5)nc1c23. The molecule has 3 aromatic rings. The molecule has 9 nitrogen and oxygen atoms in total. The second-order valence-corrected chi connectivity index (χ2v) is 13.2. The molecule has 2 unspecified atom stereocenters. The summed E-state index contributed by atoms with van der Waals surface area (Å²) in [7, 11) is 1.82. The number of nitrogens with two attached hydrogens (primary N) is 1. The standard InChI is InChI=1S/C31H35ClF5N7O2/c1-39-7-9-43-13-16-4-2-5-21(16)46-28-22-26(24(34)25(40-28)19-10-18(38)11-20(32)23(19)31(35,36)37)41-29(42-27(22)43)45-15-30-6-3-8-44(30)14-17(33)12-30/h10-11,16-17,21,39H,2-9,12-15,38H2,1H3/t16?,17-,21?,30+/m1/s1. The highest BCUT2D eigenvalue weighted by atomic mass is 35.5. The van der Waals surface area contributed by atoms with Gasteiger partial charge in [0, 0.05) is 49.8 Å². The number of nitrogens with zero attached hydrogens (tertiary/aromatic N) is 5. The first-order valence-corrected chi connectivity index (χ1v) is 16.0. The molecule has 3 fully saturated rings. The second kappa shape index (κ2) is 11.8. The molecule has 0 spiro atoms. The van der Waals surface area contributed by atoms with Crippen LogP contribution in [0.2, 0.25) is 5.02 Å². The van der Waals surface area contributed by atoms with Crippen LogP contribution in [0, 0.1) is 11.7 Å². The normalized spacial score (nSPS) is 26.2. The number of hydrogen-bond donors (Lipinski definition) is 2. The van der Waals surface area contributed by atoms with E-state index in [4.69, 9.17) is 31.8 Å². The van der Waals surface area contributed by atoms with Crippen molar-refractivity contribution in [3.8, 4) is 23.1 Å². The predicted octanol–water partition coefficient (Wildman–Crippen LogP) is 5.63. The fraction of sp³-hybridized carbons (Fsp3) is 0.581. The molecule has 1 aliphatic carbocycles. The number of aromatic nitrogens is 3. The van der Waals surface area contributed by atoms with Crippen LogP contribution in [0.3, 0.4) is 0 Å². The van der Waals surface area contributed by atoms with Gasteiger partial charge < -0.3 is 25.4 Å². The van der Waals surface area contributed by atoms with Crippen molar-refractivity contribution in [3.05, 3.63) is 28.5 Å². The number of halogens is 6. The zero-order chi connectivity index (χ0) is 32.4. The minimum Gasteiger partial charge on any atom is -0.473 e. The molecule has 2 saturated heterocycles. The number of pyridine rings is 1. The number of nitrogen functional groups attached to an aromatic ring is 1. The van der Waals surface area contributed by atoms with Crippen molar-refractivity contribution in [2.24, 2.45) is 5.92 Å². The molecule has 0 bridgehead atoms. The largest absolute Gasteiger partial charge is 0.473 e. The Morgan fingerprint density at radius 1 is 1.17 bits per heavy atom. The molecule has 248 valence electrons. The van der Waals surface area contributed by atoms with Crippen molar-refractivity contribution in [1.29, 1.82) is 0 Å². The summed E-state index contributed by atoms with van der Waals surface area (Å²) in [5, 5.41) is 2.60. The van der Waals surface area contributed by atoms with Gasteiger partial charge in [-0.2, -0.15) is 23.1 Å². The number of hydrogen-bond acceptors (Lipinski definition) is 9. The van der Waals surface area contributed by atoms with Gasteiger partial charge in [-0.15, -0.1) is 0 Å². The monoisotopic (exact) mass is 667 g/mol. The van der Waals surface area contributed by atoms with Crippen LogP contribution >= 0.6 is 11.6 Å². The van der Waals surface area contributed by atoms with Crippen LogP contribution in [-0.2, 0) is 6.18 Å². The Labute approximate surface area is 267 Å². The van der Waals surface area contributed by atoms with Crippen molar-refractivity contribution in [2.75, 3.05) is 57.0 Å². The first kappa shape index (κ1) is 31.4. The fourth-order valence-electron chi connectivity index (χ4n) is 7.73. The highest BCUT2D eigenvalue weighted by Crippen LogP contribution is 2.47. The smallest absolute Gasteiger partial charge is 0.418 e. The van der Waals surface area contributed by atoms with Gasteiger partial charge in [-0.3, -0.25) is 4.90 Å². The molecular formula is C31H35ClF5N7O2.